The number of benzene rings is 1. The van der Waals surface area contributed by atoms with Crippen LogP contribution in [-0.4, -0.2) is 34.9 Å². The second kappa shape index (κ2) is 8.96. The maximum Gasteiger partial charge on any atom is 0.238 e. The van der Waals surface area contributed by atoms with E-state index in [2.05, 4.69) is 5.43 Å². The van der Waals surface area contributed by atoms with Gasteiger partial charge in [-0.15, -0.1) is 0 Å². The van der Waals surface area contributed by atoms with Gasteiger partial charge in [-0.05, 0) is 24.8 Å². The average molecular weight is 320 g/mol. The lowest BCUT2D eigenvalue weighted by Crippen LogP contribution is -2.48. The molecular weight excluding hydrogens is 296 g/mol. The van der Waals surface area contributed by atoms with Crippen LogP contribution >= 0.6 is 11.8 Å². The van der Waals surface area contributed by atoms with Crippen LogP contribution in [0, 0.1) is 5.92 Å². The fourth-order valence-electron chi connectivity index (χ4n) is 2.60. The highest BCUT2D eigenvalue weighted by atomic mass is 32.2. The van der Waals surface area contributed by atoms with E-state index in [0.29, 0.717) is 12.2 Å². The van der Waals surface area contributed by atoms with Crippen LogP contribution < -0.4 is 5.43 Å². The largest absolute Gasteiger partial charge is 0.289 e. The first-order valence-electron chi connectivity index (χ1n) is 7.88. The third-order valence-corrected chi connectivity index (χ3v) is 4.78. The van der Waals surface area contributed by atoms with E-state index >= 15 is 0 Å². The summed E-state index contributed by atoms with van der Waals surface area (Å²) in [5.41, 5.74) is 4.16. The van der Waals surface area contributed by atoms with Gasteiger partial charge in [0, 0.05) is 25.8 Å². The minimum Gasteiger partial charge on any atom is -0.289 e. The van der Waals surface area contributed by atoms with Crippen LogP contribution in [0.4, 0.5) is 0 Å². The van der Waals surface area contributed by atoms with Crippen LogP contribution in [0.3, 0.4) is 0 Å². The molecule has 0 radical (unpaired) electrons. The standard InChI is InChI=1S/C17H24N2O2S/c1-14(20)22-13-16(12-15-8-4-2-5-9-15)17(21)18-19-10-6-3-7-11-19/h2,4-5,8-9,16H,3,6-7,10-13H2,1H3,(H,18,21). The Bertz CT molecular complexity index is 487. The van der Waals surface area contributed by atoms with Gasteiger partial charge in [0.1, 0.15) is 0 Å². The molecule has 1 heterocycles. The molecule has 1 amide bonds. The molecule has 22 heavy (non-hydrogen) atoms. The Hall–Kier alpha value is -1.33. The van der Waals surface area contributed by atoms with E-state index in [1.807, 2.05) is 35.3 Å². The lowest BCUT2D eigenvalue weighted by molar-refractivity contribution is -0.129. The molecule has 0 aromatic heterocycles. The lowest BCUT2D eigenvalue weighted by atomic mass is 10.0. The number of carbonyl (C=O) groups excluding carboxylic acids is 2. The van der Waals surface area contributed by atoms with E-state index < -0.39 is 0 Å². The molecule has 0 bridgehead atoms. The second-order valence-corrected chi connectivity index (χ2v) is 6.91. The molecule has 1 aliphatic rings. The predicted molar refractivity (Wildman–Crippen MR) is 90.3 cm³/mol. The van der Waals surface area contributed by atoms with Crippen molar-refractivity contribution in [1.82, 2.24) is 10.4 Å². The molecule has 1 fully saturated rings. The van der Waals surface area contributed by atoms with Gasteiger partial charge in [-0.3, -0.25) is 15.0 Å². The van der Waals surface area contributed by atoms with Gasteiger partial charge in [0.2, 0.25) is 5.91 Å². The Morgan fingerprint density at radius 3 is 2.50 bits per heavy atom. The molecule has 1 atom stereocenters. The zero-order valence-corrected chi connectivity index (χ0v) is 13.9. The molecule has 120 valence electrons. The fourth-order valence-corrected chi connectivity index (χ4v) is 3.30. The normalized spacial score (nSPS) is 17.0. The highest BCUT2D eigenvalue weighted by Crippen LogP contribution is 2.16. The number of carbonyl (C=O) groups is 2. The number of hydrazine groups is 1. The summed E-state index contributed by atoms with van der Waals surface area (Å²) < 4.78 is 0. The smallest absolute Gasteiger partial charge is 0.238 e. The van der Waals surface area contributed by atoms with Crippen molar-refractivity contribution in [3.05, 3.63) is 35.9 Å². The number of nitrogens with one attached hydrogen (secondary N) is 1. The van der Waals surface area contributed by atoms with Gasteiger partial charge in [-0.1, -0.05) is 48.5 Å². The maximum atomic E-state index is 12.6. The highest BCUT2D eigenvalue weighted by molar-refractivity contribution is 8.13. The molecule has 5 heteroatoms. The van der Waals surface area contributed by atoms with Gasteiger partial charge in [-0.25, -0.2) is 5.01 Å². The third-order valence-electron chi connectivity index (χ3n) is 3.81. The van der Waals surface area contributed by atoms with Gasteiger partial charge in [-0.2, -0.15) is 0 Å². The molecule has 1 aromatic rings. The van der Waals surface area contributed by atoms with Crippen LogP contribution in [-0.2, 0) is 16.0 Å². The van der Waals surface area contributed by atoms with E-state index in [0.717, 1.165) is 31.5 Å². The zero-order valence-electron chi connectivity index (χ0n) is 13.1. The Morgan fingerprint density at radius 2 is 1.86 bits per heavy atom. The fraction of sp³-hybridized carbons (Fsp3) is 0.529. The van der Waals surface area contributed by atoms with Crippen molar-refractivity contribution in [3.8, 4) is 0 Å². The average Bonchev–Trinajstić information content (AvgIpc) is 2.53. The number of hydrogen-bond acceptors (Lipinski definition) is 4. The second-order valence-electron chi connectivity index (χ2n) is 5.71. The number of nitrogens with zero attached hydrogens (tertiary/aromatic N) is 1. The Balaban J connectivity index is 1.95. The first-order chi connectivity index (χ1) is 10.6. The lowest BCUT2D eigenvalue weighted by Gasteiger charge is -2.28. The maximum absolute atomic E-state index is 12.6. The summed E-state index contributed by atoms with van der Waals surface area (Å²) in [4.78, 5) is 23.8. The molecule has 1 unspecified atom stereocenters. The molecule has 1 N–H and O–H groups in total. The van der Waals surface area contributed by atoms with E-state index in [9.17, 15) is 9.59 Å². The predicted octanol–water partition coefficient (Wildman–Crippen LogP) is 2.64. The third kappa shape index (κ3) is 5.81. The minimum absolute atomic E-state index is 0.0273. The Labute approximate surface area is 136 Å². The topological polar surface area (TPSA) is 49.4 Å². The van der Waals surface area contributed by atoms with Gasteiger partial charge in [0.25, 0.3) is 0 Å². The molecule has 0 aliphatic carbocycles. The van der Waals surface area contributed by atoms with Crippen LogP contribution in [0.1, 0.15) is 31.7 Å². The highest BCUT2D eigenvalue weighted by Gasteiger charge is 2.22. The van der Waals surface area contributed by atoms with Crippen molar-refractivity contribution < 1.29 is 9.59 Å². The van der Waals surface area contributed by atoms with Crippen molar-refractivity contribution in [2.45, 2.75) is 32.6 Å². The number of thioether (sulfide) groups is 1. The number of piperidine rings is 1. The molecule has 1 saturated heterocycles. The zero-order chi connectivity index (χ0) is 15.8. The molecule has 0 saturated carbocycles. The van der Waals surface area contributed by atoms with E-state index in [4.69, 9.17) is 0 Å². The summed E-state index contributed by atoms with van der Waals surface area (Å²) in [6.07, 6.45) is 4.17. The van der Waals surface area contributed by atoms with Crippen molar-refractivity contribution in [2.24, 2.45) is 5.92 Å². The van der Waals surface area contributed by atoms with E-state index in [1.54, 1.807) is 6.92 Å². The van der Waals surface area contributed by atoms with Crippen molar-refractivity contribution in [1.29, 1.82) is 0 Å². The SMILES string of the molecule is CC(=O)SCC(Cc1ccccc1)C(=O)NN1CCCCC1. The van der Waals surface area contributed by atoms with Crippen LogP contribution in [0.15, 0.2) is 30.3 Å². The first-order valence-corrected chi connectivity index (χ1v) is 8.86. The van der Waals surface area contributed by atoms with Crippen LogP contribution in [0.5, 0.6) is 0 Å². The summed E-state index contributed by atoms with van der Waals surface area (Å²) >= 11 is 1.23. The summed E-state index contributed by atoms with van der Waals surface area (Å²) in [5, 5.41) is 2.08. The number of amides is 1. The molecule has 1 aromatic carbocycles. The van der Waals surface area contributed by atoms with Crippen molar-refractivity contribution >= 4 is 22.8 Å². The van der Waals surface area contributed by atoms with E-state index in [-0.39, 0.29) is 16.9 Å². The van der Waals surface area contributed by atoms with Crippen molar-refractivity contribution in [3.63, 3.8) is 0 Å². The Kier molecular flexibility index (Phi) is 6.93. The molecule has 1 aliphatic heterocycles. The summed E-state index contributed by atoms with van der Waals surface area (Å²) in [6.45, 7) is 3.39. The Morgan fingerprint density at radius 1 is 1.18 bits per heavy atom. The van der Waals surface area contributed by atoms with Gasteiger partial charge >= 0.3 is 0 Å². The molecule has 2 rings (SSSR count). The quantitative estimate of drug-likeness (QED) is 0.875. The first kappa shape index (κ1) is 17.0. The van der Waals surface area contributed by atoms with Crippen molar-refractivity contribution in [2.75, 3.05) is 18.8 Å². The summed E-state index contributed by atoms with van der Waals surface area (Å²) in [6, 6.07) is 9.98. The summed E-state index contributed by atoms with van der Waals surface area (Å²) in [7, 11) is 0. The molecule has 4 nitrogen and oxygen atoms in total. The van der Waals surface area contributed by atoms with Crippen LogP contribution in [0.2, 0.25) is 0 Å². The van der Waals surface area contributed by atoms with Crippen LogP contribution in [0.25, 0.3) is 0 Å². The monoisotopic (exact) mass is 320 g/mol. The number of hydrogen-bond donors (Lipinski definition) is 1. The van der Waals surface area contributed by atoms with Gasteiger partial charge < -0.3 is 0 Å². The number of rotatable bonds is 6. The van der Waals surface area contributed by atoms with Gasteiger partial charge in [0.05, 0.1) is 5.92 Å². The van der Waals surface area contributed by atoms with Gasteiger partial charge in [0.15, 0.2) is 5.12 Å². The van der Waals surface area contributed by atoms with E-state index in [1.165, 1.54) is 18.2 Å². The summed E-state index contributed by atoms with van der Waals surface area (Å²) in [5.74, 6) is 0.377. The molecule has 0 spiro atoms. The molecular formula is C17H24N2O2S. The minimum atomic E-state index is -0.182.